The van der Waals surface area contributed by atoms with Gasteiger partial charge in [-0.15, -0.1) is 0 Å². The summed E-state index contributed by atoms with van der Waals surface area (Å²) >= 11 is 0. The smallest absolute Gasteiger partial charge is 0.240 e. The third kappa shape index (κ3) is 2.40. The molecule has 0 saturated carbocycles. The summed E-state index contributed by atoms with van der Waals surface area (Å²) < 4.78 is 0. The molecule has 0 radical (unpaired) electrons. The van der Waals surface area contributed by atoms with Gasteiger partial charge in [-0.2, -0.15) is 0 Å². The van der Waals surface area contributed by atoms with Crippen molar-refractivity contribution < 1.29 is 14.7 Å². The zero-order chi connectivity index (χ0) is 15.7. The summed E-state index contributed by atoms with van der Waals surface area (Å²) in [6, 6.07) is 13.2. The van der Waals surface area contributed by atoms with Crippen LogP contribution in [0.4, 0.5) is 5.69 Å². The molecule has 2 aromatic rings. The van der Waals surface area contributed by atoms with Gasteiger partial charge in [-0.3, -0.25) is 9.59 Å². The molecule has 4 nitrogen and oxygen atoms in total. The lowest BCUT2D eigenvalue weighted by molar-refractivity contribution is -0.124. The SMILES string of the molecule is CCC[C@H](O)[C@@H]1CC(=O)N(c2cccc3ccccc23)C1=O. The summed E-state index contributed by atoms with van der Waals surface area (Å²) in [4.78, 5) is 26.2. The van der Waals surface area contributed by atoms with Crippen LogP contribution in [0.15, 0.2) is 42.5 Å². The molecular formula is C18H19NO3. The maximum Gasteiger partial charge on any atom is 0.240 e. The molecule has 3 rings (SSSR count). The van der Waals surface area contributed by atoms with Crippen LogP contribution in [0.3, 0.4) is 0 Å². The van der Waals surface area contributed by atoms with E-state index in [2.05, 4.69) is 0 Å². The maximum atomic E-state index is 12.6. The van der Waals surface area contributed by atoms with E-state index >= 15 is 0 Å². The van der Waals surface area contributed by atoms with Crippen molar-refractivity contribution in [3.8, 4) is 0 Å². The van der Waals surface area contributed by atoms with Gasteiger partial charge in [0.15, 0.2) is 0 Å². The highest BCUT2D eigenvalue weighted by molar-refractivity contribution is 6.24. The van der Waals surface area contributed by atoms with E-state index in [1.807, 2.05) is 43.3 Å². The fourth-order valence-corrected chi connectivity index (χ4v) is 3.11. The number of carbonyl (C=O) groups is 2. The molecule has 1 aliphatic heterocycles. The number of rotatable bonds is 4. The van der Waals surface area contributed by atoms with Crippen molar-refractivity contribution >= 4 is 28.3 Å². The minimum absolute atomic E-state index is 0.0865. The first kappa shape index (κ1) is 14.7. The van der Waals surface area contributed by atoms with Crippen LogP contribution >= 0.6 is 0 Å². The van der Waals surface area contributed by atoms with Crippen molar-refractivity contribution in [2.75, 3.05) is 4.90 Å². The van der Waals surface area contributed by atoms with Crippen LogP contribution in [0.5, 0.6) is 0 Å². The van der Waals surface area contributed by atoms with E-state index in [1.54, 1.807) is 6.07 Å². The Balaban J connectivity index is 2.00. The van der Waals surface area contributed by atoms with Gasteiger partial charge in [-0.25, -0.2) is 4.90 Å². The molecule has 1 fully saturated rings. The van der Waals surface area contributed by atoms with Crippen molar-refractivity contribution in [2.24, 2.45) is 5.92 Å². The molecule has 1 N–H and O–H groups in total. The van der Waals surface area contributed by atoms with Gasteiger partial charge in [0.2, 0.25) is 11.8 Å². The zero-order valence-electron chi connectivity index (χ0n) is 12.5. The van der Waals surface area contributed by atoms with Crippen LogP contribution in [-0.2, 0) is 9.59 Å². The molecule has 2 aromatic carbocycles. The zero-order valence-corrected chi connectivity index (χ0v) is 12.5. The minimum atomic E-state index is -0.749. The highest BCUT2D eigenvalue weighted by atomic mass is 16.3. The van der Waals surface area contributed by atoms with Crippen molar-refractivity contribution in [1.82, 2.24) is 0 Å². The second-order valence-corrected chi connectivity index (χ2v) is 5.73. The fraction of sp³-hybridized carbons (Fsp3) is 0.333. The fourth-order valence-electron chi connectivity index (χ4n) is 3.11. The van der Waals surface area contributed by atoms with Gasteiger partial charge in [0.1, 0.15) is 0 Å². The van der Waals surface area contributed by atoms with Gasteiger partial charge >= 0.3 is 0 Å². The lowest BCUT2D eigenvalue weighted by Crippen LogP contribution is -2.33. The molecule has 0 unspecified atom stereocenters. The van der Waals surface area contributed by atoms with Crippen molar-refractivity contribution in [3.05, 3.63) is 42.5 Å². The molecule has 1 heterocycles. The van der Waals surface area contributed by atoms with Crippen molar-refractivity contribution in [1.29, 1.82) is 0 Å². The molecule has 114 valence electrons. The summed E-state index contributed by atoms with van der Waals surface area (Å²) in [5, 5.41) is 12.0. The molecule has 1 saturated heterocycles. The molecule has 22 heavy (non-hydrogen) atoms. The standard InChI is InChI=1S/C18H19NO3/c1-2-6-16(20)14-11-17(21)19(18(14)22)15-10-5-8-12-7-3-4-9-13(12)15/h3-5,7-10,14,16,20H,2,6,11H2,1H3/t14-,16-/m0/s1. The van der Waals surface area contributed by atoms with Crippen LogP contribution in [0.25, 0.3) is 10.8 Å². The molecule has 2 amide bonds. The van der Waals surface area contributed by atoms with Crippen LogP contribution in [0.2, 0.25) is 0 Å². The van der Waals surface area contributed by atoms with Crippen molar-refractivity contribution in [2.45, 2.75) is 32.3 Å². The monoisotopic (exact) mass is 297 g/mol. The Labute approximate surface area is 129 Å². The average molecular weight is 297 g/mol. The summed E-state index contributed by atoms with van der Waals surface area (Å²) in [5.41, 5.74) is 0.610. The van der Waals surface area contributed by atoms with Gasteiger partial charge in [0.25, 0.3) is 0 Å². The minimum Gasteiger partial charge on any atom is -0.392 e. The number of aliphatic hydroxyl groups excluding tert-OH is 1. The van der Waals surface area contributed by atoms with Crippen molar-refractivity contribution in [3.63, 3.8) is 0 Å². The Morgan fingerprint density at radius 2 is 1.91 bits per heavy atom. The van der Waals surface area contributed by atoms with Gasteiger partial charge in [0, 0.05) is 11.8 Å². The lowest BCUT2D eigenvalue weighted by atomic mass is 9.97. The number of imide groups is 1. The lowest BCUT2D eigenvalue weighted by Gasteiger charge is -2.19. The quantitative estimate of drug-likeness (QED) is 0.883. The highest BCUT2D eigenvalue weighted by Gasteiger charge is 2.43. The third-order valence-electron chi connectivity index (χ3n) is 4.24. The summed E-state index contributed by atoms with van der Waals surface area (Å²) in [5.74, 6) is -1.14. The Hall–Kier alpha value is -2.20. The molecule has 0 aliphatic carbocycles. The van der Waals surface area contributed by atoms with E-state index in [-0.39, 0.29) is 18.2 Å². The second kappa shape index (κ2) is 5.89. The average Bonchev–Trinajstić information content (AvgIpc) is 2.82. The molecule has 4 heteroatoms. The van der Waals surface area contributed by atoms with Gasteiger partial charge < -0.3 is 5.11 Å². The van der Waals surface area contributed by atoms with E-state index in [0.29, 0.717) is 12.1 Å². The highest BCUT2D eigenvalue weighted by Crippen LogP contribution is 2.34. The van der Waals surface area contributed by atoms with Crippen LogP contribution in [0.1, 0.15) is 26.2 Å². The topological polar surface area (TPSA) is 57.6 Å². The number of hydrogen-bond acceptors (Lipinski definition) is 3. The maximum absolute atomic E-state index is 12.6. The molecule has 1 aliphatic rings. The van der Waals surface area contributed by atoms with E-state index in [1.165, 1.54) is 4.90 Å². The first-order valence-corrected chi connectivity index (χ1v) is 7.66. The Kier molecular flexibility index (Phi) is 3.94. The molecule has 2 atom stereocenters. The molecular weight excluding hydrogens is 278 g/mol. The number of aliphatic hydroxyl groups is 1. The van der Waals surface area contributed by atoms with Crippen LogP contribution in [0, 0.1) is 5.92 Å². The third-order valence-corrected chi connectivity index (χ3v) is 4.24. The number of benzene rings is 2. The number of amides is 2. The number of anilines is 1. The molecule has 0 aromatic heterocycles. The largest absolute Gasteiger partial charge is 0.392 e. The van der Waals surface area contributed by atoms with Gasteiger partial charge in [-0.1, -0.05) is 49.7 Å². The van der Waals surface area contributed by atoms with E-state index < -0.39 is 12.0 Å². The van der Waals surface area contributed by atoms with Gasteiger partial charge in [0.05, 0.1) is 17.7 Å². The van der Waals surface area contributed by atoms with Gasteiger partial charge in [-0.05, 0) is 17.9 Å². The molecule has 0 spiro atoms. The Morgan fingerprint density at radius 3 is 2.68 bits per heavy atom. The Bertz CT molecular complexity index is 720. The number of nitrogens with zero attached hydrogens (tertiary/aromatic N) is 1. The summed E-state index contributed by atoms with van der Waals surface area (Å²) in [6.07, 6.45) is 0.658. The normalized spacial score (nSPS) is 19.9. The second-order valence-electron chi connectivity index (χ2n) is 5.73. The van der Waals surface area contributed by atoms with Crippen LogP contribution < -0.4 is 4.90 Å². The predicted molar refractivity (Wildman–Crippen MR) is 85.5 cm³/mol. The number of carbonyl (C=O) groups excluding carboxylic acids is 2. The summed E-state index contributed by atoms with van der Waals surface area (Å²) in [7, 11) is 0. The van der Waals surface area contributed by atoms with Crippen LogP contribution in [-0.4, -0.2) is 23.0 Å². The summed E-state index contributed by atoms with van der Waals surface area (Å²) in [6.45, 7) is 1.95. The first-order valence-electron chi connectivity index (χ1n) is 7.66. The van der Waals surface area contributed by atoms with E-state index in [4.69, 9.17) is 0 Å². The predicted octanol–water partition coefficient (Wildman–Crippen LogP) is 2.88. The number of fused-ring (bicyclic) bond motifs is 1. The Morgan fingerprint density at radius 1 is 1.18 bits per heavy atom. The van der Waals surface area contributed by atoms with E-state index in [0.717, 1.165) is 17.2 Å². The van der Waals surface area contributed by atoms with E-state index in [9.17, 15) is 14.7 Å². The molecule has 0 bridgehead atoms. The first-order chi connectivity index (χ1) is 10.6. The number of hydrogen-bond donors (Lipinski definition) is 1.